The van der Waals surface area contributed by atoms with E-state index < -0.39 is 5.41 Å². The molecule has 65 heavy (non-hydrogen) atoms. The van der Waals surface area contributed by atoms with E-state index in [-0.39, 0.29) is 0 Å². The van der Waals surface area contributed by atoms with Crippen LogP contribution >= 0.6 is 0 Å². The van der Waals surface area contributed by atoms with Crippen molar-refractivity contribution in [2.24, 2.45) is 0 Å². The van der Waals surface area contributed by atoms with Gasteiger partial charge in [0.2, 0.25) is 0 Å². The molecular formula is C63H39NO. The first-order valence-corrected chi connectivity index (χ1v) is 22.5. The monoisotopic (exact) mass is 825 g/mol. The zero-order valence-corrected chi connectivity index (χ0v) is 35.4. The smallest absolute Gasteiger partial charge is 0.135 e. The predicted octanol–water partition coefficient (Wildman–Crippen LogP) is 17.0. The molecule has 12 aromatic rings. The summed E-state index contributed by atoms with van der Waals surface area (Å²) < 4.78 is 6.37. The van der Waals surface area contributed by atoms with E-state index in [1.807, 2.05) is 6.07 Å². The Morgan fingerprint density at radius 1 is 0.292 bits per heavy atom. The lowest BCUT2D eigenvalue weighted by atomic mass is 9.64. The van der Waals surface area contributed by atoms with Crippen molar-refractivity contribution in [2.75, 3.05) is 4.90 Å². The summed E-state index contributed by atoms with van der Waals surface area (Å²) >= 11 is 0. The number of nitrogens with zero attached hydrogens (tertiary/aromatic N) is 1. The molecule has 11 aromatic carbocycles. The van der Waals surface area contributed by atoms with Crippen molar-refractivity contribution in [2.45, 2.75) is 5.41 Å². The number of rotatable bonds is 4. The Balaban J connectivity index is 1.09. The molecular weight excluding hydrogens is 787 g/mol. The van der Waals surface area contributed by atoms with Gasteiger partial charge in [-0.3, -0.25) is 0 Å². The molecule has 0 radical (unpaired) electrons. The van der Waals surface area contributed by atoms with E-state index in [1.54, 1.807) is 0 Å². The third kappa shape index (κ3) is 5.05. The van der Waals surface area contributed by atoms with Gasteiger partial charge in [-0.1, -0.05) is 188 Å². The average Bonchev–Trinajstić information content (AvgIpc) is 3.88. The normalized spacial score (nSPS) is 14.5. The molecule has 14 rings (SSSR count). The highest BCUT2D eigenvalue weighted by Gasteiger charge is 2.51. The van der Waals surface area contributed by atoms with Gasteiger partial charge in [0.05, 0.1) is 5.41 Å². The molecule has 0 saturated carbocycles. The minimum Gasteiger partial charge on any atom is -0.456 e. The summed E-state index contributed by atoms with van der Waals surface area (Å²) in [7, 11) is 0. The van der Waals surface area contributed by atoms with Crippen LogP contribution in [0, 0.1) is 0 Å². The van der Waals surface area contributed by atoms with Crippen LogP contribution in [0.5, 0.6) is 0 Å². The van der Waals surface area contributed by atoms with Crippen molar-refractivity contribution >= 4 is 60.5 Å². The number of fused-ring (bicyclic) bond motifs is 20. The Hall–Kier alpha value is -8.46. The highest BCUT2D eigenvalue weighted by atomic mass is 16.3. The van der Waals surface area contributed by atoms with Gasteiger partial charge in [0, 0.05) is 27.8 Å². The van der Waals surface area contributed by atoms with Crippen molar-refractivity contribution in [1.29, 1.82) is 0 Å². The van der Waals surface area contributed by atoms with Crippen LogP contribution in [0.25, 0.3) is 88.0 Å². The van der Waals surface area contributed by atoms with E-state index in [4.69, 9.17) is 4.42 Å². The molecule has 1 unspecified atom stereocenters. The maximum absolute atomic E-state index is 6.37. The van der Waals surface area contributed by atoms with Crippen LogP contribution in [0.2, 0.25) is 0 Å². The summed E-state index contributed by atoms with van der Waals surface area (Å²) in [4.78, 5) is 2.42. The Morgan fingerprint density at radius 3 is 1.55 bits per heavy atom. The average molecular weight is 826 g/mol. The largest absolute Gasteiger partial charge is 0.456 e. The number of para-hydroxylation sites is 1. The minimum atomic E-state index is -0.643. The number of hydrogen-bond acceptors (Lipinski definition) is 2. The lowest BCUT2D eigenvalue weighted by Crippen LogP contribution is -2.29. The van der Waals surface area contributed by atoms with Gasteiger partial charge in [-0.15, -0.1) is 0 Å². The van der Waals surface area contributed by atoms with Gasteiger partial charge in [-0.25, -0.2) is 0 Å². The topological polar surface area (TPSA) is 16.4 Å². The lowest BCUT2D eigenvalue weighted by molar-refractivity contribution is 0.669. The van der Waals surface area contributed by atoms with Crippen LogP contribution in [0.1, 0.15) is 22.3 Å². The Labute approximate surface area is 376 Å². The molecule has 2 aliphatic rings. The van der Waals surface area contributed by atoms with Crippen molar-refractivity contribution in [3.63, 3.8) is 0 Å². The fourth-order valence-electron chi connectivity index (χ4n) is 11.6. The second-order valence-corrected chi connectivity index (χ2v) is 17.5. The maximum atomic E-state index is 6.37. The van der Waals surface area contributed by atoms with Crippen molar-refractivity contribution in [3.8, 4) is 44.5 Å². The van der Waals surface area contributed by atoms with E-state index in [0.29, 0.717) is 0 Å². The number of hydrogen-bond donors (Lipinski definition) is 0. The Kier molecular flexibility index (Phi) is 7.64. The molecule has 0 amide bonds. The van der Waals surface area contributed by atoms with E-state index in [1.165, 1.54) is 88.3 Å². The van der Waals surface area contributed by atoms with Gasteiger partial charge < -0.3 is 9.32 Å². The lowest BCUT2D eigenvalue weighted by Gasteiger charge is -2.37. The molecule has 1 heterocycles. The van der Waals surface area contributed by atoms with Crippen LogP contribution in [-0.2, 0) is 5.41 Å². The van der Waals surface area contributed by atoms with Gasteiger partial charge in [0.1, 0.15) is 11.2 Å². The molecule has 0 aliphatic heterocycles. The molecule has 2 heteroatoms. The van der Waals surface area contributed by atoms with Gasteiger partial charge in [0.15, 0.2) is 0 Å². The molecule has 2 aliphatic carbocycles. The summed E-state index contributed by atoms with van der Waals surface area (Å²) in [6, 6.07) is 87.4. The van der Waals surface area contributed by atoms with Gasteiger partial charge in [-0.05, 0) is 137 Å². The second kappa shape index (κ2) is 13.8. The van der Waals surface area contributed by atoms with Crippen LogP contribution in [0.15, 0.2) is 241 Å². The Morgan fingerprint density at radius 2 is 0.785 bits per heavy atom. The third-order valence-electron chi connectivity index (χ3n) is 14.3. The Bertz CT molecular complexity index is 3900. The number of benzene rings is 11. The summed E-state index contributed by atoms with van der Waals surface area (Å²) in [6.07, 6.45) is 0. The first-order valence-electron chi connectivity index (χ1n) is 22.5. The van der Waals surface area contributed by atoms with Crippen molar-refractivity contribution < 1.29 is 4.42 Å². The first kappa shape index (κ1) is 36.1. The van der Waals surface area contributed by atoms with E-state index in [0.717, 1.165) is 39.0 Å². The van der Waals surface area contributed by atoms with Crippen LogP contribution < -0.4 is 4.90 Å². The first-order chi connectivity index (χ1) is 32.3. The summed E-state index contributed by atoms with van der Waals surface area (Å²) in [5.74, 6) is 0. The molecule has 0 fully saturated rings. The molecule has 1 aromatic heterocycles. The van der Waals surface area contributed by atoms with Crippen molar-refractivity contribution in [3.05, 3.63) is 259 Å². The van der Waals surface area contributed by atoms with Gasteiger partial charge in [0.25, 0.3) is 0 Å². The van der Waals surface area contributed by atoms with E-state index >= 15 is 0 Å². The number of furan rings is 1. The molecule has 0 N–H and O–H groups in total. The quantitative estimate of drug-likeness (QED) is 0.164. The summed E-state index contributed by atoms with van der Waals surface area (Å²) in [5, 5.41) is 7.34. The summed E-state index contributed by atoms with van der Waals surface area (Å²) in [6.45, 7) is 0. The molecule has 0 saturated heterocycles. The molecule has 0 bridgehead atoms. The van der Waals surface area contributed by atoms with Crippen molar-refractivity contribution in [1.82, 2.24) is 0 Å². The zero-order valence-electron chi connectivity index (χ0n) is 35.4. The fourth-order valence-corrected chi connectivity index (χ4v) is 11.6. The fraction of sp³-hybridized carbons (Fsp3) is 0.0159. The maximum Gasteiger partial charge on any atom is 0.135 e. The highest BCUT2D eigenvalue weighted by molar-refractivity contribution is 6.20. The van der Waals surface area contributed by atoms with Crippen LogP contribution in [-0.4, -0.2) is 0 Å². The molecule has 2 nitrogen and oxygen atoms in total. The molecule has 302 valence electrons. The predicted molar refractivity (Wildman–Crippen MR) is 271 cm³/mol. The van der Waals surface area contributed by atoms with Crippen LogP contribution in [0.4, 0.5) is 17.1 Å². The van der Waals surface area contributed by atoms with Gasteiger partial charge >= 0.3 is 0 Å². The zero-order chi connectivity index (χ0) is 42.6. The SMILES string of the molecule is c1ccc(-c2ccc(N(c3ccc4c(c3)-c3ccccc3-c3ccccc3C43c4ccccc4-c4c3c3ccccc3c3ccccc43)c3ccc4oc5ccccc5c4c3)cc2)cc1. The standard InChI is InChI=1S/C63H39NO/c1-2-16-40(17-3-1)41-30-32-42(33-31-41)64(44-35-37-60-55(39-44)50-23-12-15-29-59(50)65-60)43-34-36-58-54(38-43)48-21-5-4-18-45(48)49-22-10-13-27-56(49)63(58)57-28-14-11-26-53(57)61-51-24-8-6-19-46(51)47-20-7-9-25-52(47)62(61)63/h1-39H. The van der Waals surface area contributed by atoms with E-state index in [9.17, 15) is 0 Å². The third-order valence-corrected chi connectivity index (χ3v) is 14.3. The summed E-state index contributed by atoms with van der Waals surface area (Å²) in [5.41, 5.74) is 19.5. The van der Waals surface area contributed by atoms with E-state index in [2.05, 4.69) is 235 Å². The number of anilines is 3. The second-order valence-electron chi connectivity index (χ2n) is 17.5. The minimum absolute atomic E-state index is 0.643. The molecule has 1 atom stereocenters. The van der Waals surface area contributed by atoms with Crippen LogP contribution in [0.3, 0.4) is 0 Å². The molecule has 1 spiro atoms. The highest BCUT2D eigenvalue weighted by Crippen LogP contribution is 2.64. The van der Waals surface area contributed by atoms with Gasteiger partial charge in [-0.2, -0.15) is 0 Å².